The van der Waals surface area contributed by atoms with E-state index in [1.807, 2.05) is 18.2 Å². The average Bonchev–Trinajstić information content (AvgIpc) is 2.75. The molecule has 4 rings (SSSR count). The van der Waals surface area contributed by atoms with Gasteiger partial charge in [0.1, 0.15) is 11.3 Å². The Hall–Kier alpha value is -3.23. The molecule has 8 heteroatoms. The molecule has 0 aliphatic heterocycles. The Morgan fingerprint density at radius 1 is 1.20 bits per heavy atom. The molecule has 1 fully saturated rings. The van der Waals surface area contributed by atoms with Gasteiger partial charge in [-0.2, -0.15) is 0 Å². The molecular formula is C22H25N5O3. The number of aliphatic hydroxyl groups excluding tert-OH is 2. The maximum Gasteiger partial charge on any atom is 0.227 e. The number of para-hydroxylation sites is 1. The Morgan fingerprint density at radius 2 is 2.00 bits per heavy atom. The Morgan fingerprint density at radius 3 is 2.73 bits per heavy atom. The van der Waals surface area contributed by atoms with Gasteiger partial charge in [0.05, 0.1) is 24.5 Å². The summed E-state index contributed by atoms with van der Waals surface area (Å²) in [5, 5.41) is 30.6. The second-order valence-corrected chi connectivity index (χ2v) is 7.50. The number of hydrogen-bond acceptors (Lipinski definition) is 8. The molecule has 0 radical (unpaired) electrons. The first-order valence-electron chi connectivity index (χ1n) is 9.99. The van der Waals surface area contributed by atoms with Crippen LogP contribution in [0.15, 0.2) is 42.6 Å². The van der Waals surface area contributed by atoms with Crippen molar-refractivity contribution in [3.63, 3.8) is 0 Å². The molecule has 0 amide bonds. The van der Waals surface area contributed by atoms with E-state index in [4.69, 9.17) is 21.0 Å². The smallest absolute Gasteiger partial charge is 0.227 e. The summed E-state index contributed by atoms with van der Waals surface area (Å²) in [7, 11) is 0. The second-order valence-electron chi connectivity index (χ2n) is 7.50. The molecule has 1 saturated carbocycles. The monoisotopic (exact) mass is 407 g/mol. The number of nitrogens with two attached hydrogens (primary N) is 1. The number of nitrogen functional groups attached to an aromatic ring is 1. The summed E-state index contributed by atoms with van der Waals surface area (Å²) in [6, 6.07) is 10.9. The van der Waals surface area contributed by atoms with Crippen molar-refractivity contribution in [3.05, 3.63) is 48.2 Å². The van der Waals surface area contributed by atoms with Crippen molar-refractivity contribution in [2.24, 2.45) is 0 Å². The van der Waals surface area contributed by atoms with Crippen LogP contribution in [0.2, 0.25) is 0 Å². The van der Waals surface area contributed by atoms with E-state index in [-0.39, 0.29) is 24.5 Å². The zero-order valence-corrected chi connectivity index (χ0v) is 16.5. The molecule has 3 aromatic rings. The summed E-state index contributed by atoms with van der Waals surface area (Å²) in [5.74, 6) is 1.10. The molecule has 8 nitrogen and oxygen atoms in total. The normalized spacial score (nSPS) is 18.9. The fourth-order valence-electron chi connectivity index (χ4n) is 3.66. The van der Waals surface area contributed by atoms with Gasteiger partial charge in [-0.25, -0.2) is 9.97 Å². The molecule has 1 aromatic heterocycles. The number of nitrogens with one attached hydrogen (secondary N) is 2. The Kier molecular flexibility index (Phi) is 5.78. The zero-order valence-electron chi connectivity index (χ0n) is 16.5. The number of aliphatic hydroxyl groups is 2. The maximum absolute atomic E-state index is 9.70. The van der Waals surface area contributed by atoms with Crippen LogP contribution < -0.4 is 15.8 Å². The highest BCUT2D eigenvalue weighted by atomic mass is 16.5. The van der Waals surface area contributed by atoms with Crippen molar-refractivity contribution in [1.29, 1.82) is 5.41 Å². The molecule has 1 aliphatic carbocycles. The van der Waals surface area contributed by atoms with E-state index in [2.05, 4.69) is 15.3 Å². The quantitative estimate of drug-likeness (QED) is 0.313. The number of aromatic nitrogens is 2. The van der Waals surface area contributed by atoms with Gasteiger partial charge in [-0.15, -0.1) is 0 Å². The highest BCUT2D eigenvalue weighted by Gasteiger charge is 2.21. The van der Waals surface area contributed by atoms with Gasteiger partial charge in [0.15, 0.2) is 0 Å². The molecule has 0 bridgehead atoms. The van der Waals surface area contributed by atoms with Gasteiger partial charge in [-0.3, -0.25) is 0 Å². The molecule has 1 heterocycles. The van der Waals surface area contributed by atoms with E-state index in [0.29, 0.717) is 34.2 Å². The predicted molar refractivity (Wildman–Crippen MR) is 116 cm³/mol. The molecular weight excluding hydrogens is 382 g/mol. The van der Waals surface area contributed by atoms with Crippen LogP contribution in [0.4, 0.5) is 17.3 Å². The molecule has 2 aromatic carbocycles. The largest absolute Gasteiger partial charge is 0.488 e. The fourth-order valence-corrected chi connectivity index (χ4v) is 3.66. The van der Waals surface area contributed by atoms with Gasteiger partial charge in [-0.05, 0) is 49.9 Å². The number of nitrogens with zero attached hydrogens (tertiary/aromatic N) is 2. The van der Waals surface area contributed by atoms with Crippen molar-refractivity contribution in [2.75, 3.05) is 17.7 Å². The van der Waals surface area contributed by atoms with Crippen LogP contribution >= 0.6 is 0 Å². The maximum atomic E-state index is 9.70. The standard InChI is InChI=1S/C22H25N5O3/c23-18-10-14(4-9-17(18)19(24)12-28)26-22-25-11-13-2-1-3-20(21(13)27-22)30-16-7-5-15(29)6-8-16/h1-4,9-11,15-16,24,28-29H,5-8,12,23H2,(H,25,26,27)/t15-,16+. The zero-order chi connectivity index (χ0) is 21.1. The minimum absolute atomic E-state index is 0.0676. The van der Waals surface area contributed by atoms with E-state index < -0.39 is 0 Å². The van der Waals surface area contributed by atoms with Crippen molar-refractivity contribution >= 4 is 33.9 Å². The van der Waals surface area contributed by atoms with Crippen LogP contribution in [0.5, 0.6) is 5.75 Å². The molecule has 0 unspecified atom stereocenters. The summed E-state index contributed by atoms with van der Waals surface area (Å²) in [5.41, 5.74) is 8.36. The van der Waals surface area contributed by atoms with Crippen LogP contribution in [-0.2, 0) is 0 Å². The second kappa shape index (κ2) is 8.64. The lowest BCUT2D eigenvalue weighted by atomic mass is 9.95. The Bertz CT molecular complexity index is 1060. The van der Waals surface area contributed by atoms with Crippen LogP contribution in [0, 0.1) is 5.41 Å². The van der Waals surface area contributed by atoms with Crippen LogP contribution in [0.1, 0.15) is 31.2 Å². The number of ether oxygens (including phenoxy) is 1. The number of rotatable bonds is 6. The summed E-state index contributed by atoms with van der Waals surface area (Å²) in [6.07, 6.45) is 4.73. The van der Waals surface area contributed by atoms with Crippen LogP contribution in [-0.4, -0.2) is 44.7 Å². The van der Waals surface area contributed by atoms with E-state index in [0.717, 1.165) is 31.1 Å². The van der Waals surface area contributed by atoms with E-state index in [1.54, 1.807) is 24.4 Å². The SMILES string of the molecule is N=C(CO)c1ccc(Nc2ncc3cccc(O[C@H]4CC[C@@H](O)CC4)c3n2)cc1N. The average molecular weight is 407 g/mol. The van der Waals surface area contributed by atoms with Gasteiger partial charge in [0, 0.05) is 28.5 Å². The van der Waals surface area contributed by atoms with Crippen molar-refractivity contribution < 1.29 is 14.9 Å². The van der Waals surface area contributed by atoms with Crippen LogP contribution in [0.3, 0.4) is 0 Å². The highest BCUT2D eigenvalue weighted by molar-refractivity contribution is 6.03. The topological polar surface area (TPSA) is 137 Å². The first-order chi connectivity index (χ1) is 14.5. The highest BCUT2D eigenvalue weighted by Crippen LogP contribution is 2.30. The van der Waals surface area contributed by atoms with Gasteiger partial charge in [-0.1, -0.05) is 12.1 Å². The van der Waals surface area contributed by atoms with E-state index in [1.165, 1.54) is 0 Å². The van der Waals surface area contributed by atoms with E-state index >= 15 is 0 Å². The fraction of sp³-hybridized carbons (Fsp3) is 0.318. The first kappa shape index (κ1) is 20.1. The number of fused-ring (bicyclic) bond motifs is 1. The lowest BCUT2D eigenvalue weighted by Gasteiger charge is -2.26. The van der Waals surface area contributed by atoms with Crippen molar-refractivity contribution in [2.45, 2.75) is 37.9 Å². The minimum atomic E-state index is -0.368. The molecule has 0 saturated heterocycles. The van der Waals surface area contributed by atoms with Crippen LogP contribution in [0.25, 0.3) is 10.9 Å². The number of anilines is 3. The summed E-state index contributed by atoms with van der Waals surface area (Å²) < 4.78 is 6.20. The summed E-state index contributed by atoms with van der Waals surface area (Å²) in [6.45, 7) is -0.368. The van der Waals surface area contributed by atoms with Crippen molar-refractivity contribution in [3.8, 4) is 5.75 Å². The van der Waals surface area contributed by atoms with Gasteiger partial charge < -0.3 is 31.4 Å². The number of hydrogen-bond donors (Lipinski definition) is 5. The van der Waals surface area contributed by atoms with Gasteiger partial charge >= 0.3 is 0 Å². The lowest BCUT2D eigenvalue weighted by molar-refractivity contribution is 0.0672. The minimum Gasteiger partial charge on any atom is -0.488 e. The number of benzene rings is 2. The third kappa shape index (κ3) is 4.34. The molecule has 156 valence electrons. The Labute approximate surface area is 174 Å². The molecule has 0 spiro atoms. The molecule has 6 N–H and O–H groups in total. The Balaban J connectivity index is 1.57. The lowest BCUT2D eigenvalue weighted by Crippen LogP contribution is -2.26. The molecule has 30 heavy (non-hydrogen) atoms. The first-order valence-corrected chi connectivity index (χ1v) is 9.99. The van der Waals surface area contributed by atoms with Crippen molar-refractivity contribution in [1.82, 2.24) is 9.97 Å². The third-order valence-electron chi connectivity index (χ3n) is 5.30. The van der Waals surface area contributed by atoms with Gasteiger partial charge in [0.25, 0.3) is 0 Å². The third-order valence-corrected chi connectivity index (χ3v) is 5.30. The van der Waals surface area contributed by atoms with Gasteiger partial charge in [0.2, 0.25) is 5.95 Å². The van der Waals surface area contributed by atoms with E-state index in [9.17, 15) is 5.11 Å². The summed E-state index contributed by atoms with van der Waals surface area (Å²) in [4.78, 5) is 9.00. The molecule has 1 aliphatic rings. The summed E-state index contributed by atoms with van der Waals surface area (Å²) >= 11 is 0. The predicted octanol–water partition coefficient (Wildman–Crippen LogP) is 3.00. The molecule has 0 atom stereocenters.